The molecule has 2 aromatic heterocycles. The molecule has 0 saturated heterocycles. The van der Waals surface area contributed by atoms with Crippen LogP contribution in [0, 0.1) is 0 Å². The Labute approximate surface area is 84.8 Å². The quantitative estimate of drug-likeness (QED) is 0.820. The third kappa shape index (κ3) is 1.29. The van der Waals surface area contributed by atoms with Gasteiger partial charge in [0.1, 0.15) is 5.69 Å². The van der Waals surface area contributed by atoms with Gasteiger partial charge in [-0.2, -0.15) is 0 Å². The van der Waals surface area contributed by atoms with Crippen molar-refractivity contribution in [3.8, 4) is 11.5 Å². The minimum absolute atomic E-state index is 0.195. The molecular formula is C9H9N3OS. The number of nitrogen functional groups attached to an aromatic ring is 1. The molecule has 1 fully saturated rings. The van der Waals surface area contributed by atoms with Crippen LogP contribution in [0.3, 0.4) is 0 Å². The van der Waals surface area contributed by atoms with Crippen LogP contribution in [0.15, 0.2) is 16.0 Å². The number of rotatable bonds is 2. The van der Waals surface area contributed by atoms with Crippen LogP contribution in [0.1, 0.15) is 23.8 Å². The molecule has 0 spiro atoms. The highest BCUT2D eigenvalue weighted by molar-refractivity contribution is 7.10. The maximum Gasteiger partial charge on any atom is 0.292 e. The van der Waals surface area contributed by atoms with Crippen molar-refractivity contribution < 1.29 is 4.42 Å². The third-order valence-corrected chi connectivity index (χ3v) is 3.23. The number of hydrogen-bond donors (Lipinski definition) is 1. The van der Waals surface area contributed by atoms with Crippen LogP contribution in [0.2, 0.25) is 0 Å². The van der Waals surface area contributed by atoms with Crippen molar-refractivity contribution in [3.05, 3.63) is 16.6 Å². The van der Waals surface area contributed by atoms with E-state index in [-0.39, 0.29) is 6.01 Å². The lowest BCUT2D eigenvalue weighted by Crippen LogP contribution is -1.80. The Morgan fingerprint density at radius 1 is 1.50 bits per heavy atom. The fourth-order valence-electron chi connectivity index (χ4n) is 1.32. The Kier molecular flexibility index (Phi) is 1.61. The molecule has 0 amide bonds. The second-order valence-corrected chi connectivity index (χ2v) is 4.30. The van der Waals surface area contributed by atoms with Crippen molar-refractivity contribution in [2.24, 2.45) is 0 Å². The van der Waals surface area contributed by atoms with Gasteiger partial charge in [-0.05, 0) is 12.8 Å². The summed E-state index contributed by atoms with van der Waals surface area (Å²) in [5, 5.41) is 3.20. The van der Waals surface area contributed by atoms with E-state index >= 15 is 0 Å². The highest BCUT2D eigenvalue weighted by Crippen LogP contribution is 2.42. The second-order valence-electron chi connectivity index (χ2n) is 3.41. The molecular weight excluding hydrogens is 198 g/mol. The summed E-state index contributed by atoms with van der Waals surface area (Å²) in [7, 11) is 0. The van der Waals surface area contributed by atoms with E-state index in [9.17, 15) is 0 Å². The molecule has 0 bridgehead atoms. The van der Waals surface area contributed by atoms with Crippen molar-refractivity contribution >= 4 is 17.4 Å². The summed E-state index contributed by atoms with van der Waals surface area (Å²) in [6, 6.07) is 0.195. The first kappa shape index (κ1) is 7.99. The average molecular weight is 207 g/mol. The zero-order valence-corrected chi connectivity index (χ0v) is 8.25. The van der Waals surface area contributed by atoms with Crippen LogP contribution in [-0.4, -0.2) is 9.97 Å². The fourth-order valence-corrected chi connectivity index (χ4v) is 2.31. The minimum atomic E-state index is 0.195. The summed E-state index contributed by atoms with van der Waals surface area (Å²) >= 11 is 1.68. The molecule has 14 heavy (non-hydrogen) atoms. The Morgan fingerprint density at radius 3 is 3.00 bits per heavy atom. The topological polar surface area (TPSA) is 64.9 Å². The van der Waals surface area contributed by atoms with Gasteiger partial charge in [-0.25, -0.2) is 9.97 Å². The third-order valence-electron chi connectivity index (χ3n) is 2.22. The molecule has 0 aromatic carbocycles. The summed E-state index contributed by atoms with van der Waals surface area (Å²) in [5.74, 6) is 1.35. The largest absolute Gasteiger partial charge is 0.422 e. The van der Waals surface area contributed by atoms with Crippen molar-refractivity contribution in [1.29, 1.82) is 0 Å². The van der Waals surface area contributed by atoms with E-state index in [1.807, 2.05) is 5.38 Å². The summed E-state index contributed by atoms with van der Waals surface area (Å²) in [5.41, 5.74) is 6.24. The molecule has 2 heterocycles. The first-order chi connectivity index (χ1) is 6.83. The lowest BCUT2D eigenvalue weighted by molar-refractivity contribution is 0.593. The molecule has 2 N–H and O–H groups in total. The van der Waals surface area contributed by atoms with Gasteiger partial charge in [-0.15, -0.1) is 11.3 Å². The Bertz CT molecular complexity index is 458. The molecule has 2 aromatic rings. The predicted octanol–water partition coefficient (Wildman–Crippen LogP) is 2.26. The molecule has 4 nitrogen and oxygen atoms in total. The van der Waals surface area contributed by atoms with Crippen LogP contribution in [-0.2, 0) is 0 Å². The normalized spacial score (nSPS) is 16.0. The van der Waals surface area contributed by atoms with Crippen LogP contribution in [0.25, 0.3) is 11.5 Å². The molecule has 72 valence electrons. The van der Waals surface area contributed by atoms with Gasteiger partial charge < -0.3 is 10.2 Å². The lowest BCUT2D eigenvalue weighted by atomic mass is 10.4. The standard InChI is InChI=1S/C9H9N3OS/c10-9-11-3-7(13-9)6-4-14-8(12-6)5-1-2-5/h3-5H,1-2H2,(H2,10,11). The van der Waals surface area contributed by atoms with Crippen LogP contribution in [0.5, 0.6) is 0 Å². The Balaban J connectivity index is 1.95. The van der Waals surface area contributed by atoms with E-state index in [0.29, 0.717) is 11.7 Å². The van der Waals surface area contributed by atoms with Crippen molar-refractivity contribution in [2.45, 2.75) is 18.8 Å². The molecule has 3 rings (SSSR count). The lowest BCUT2D eigenvalue weighted by Gasteiger charge is -1.87. The molecule has 0 atom stereocenters. The monoisotopic (exact) mass is 207 g/mol. The fraction of sp³-hybridized carbons (Fsp3) is 0.333. The summed E-state index contributed by atoms with van der Waals surface area (Å²) in [4.78, 5) is 8.32. The van der Waals surface area contributed by atoms with E-state index in [1.54, 1.807) is 17.5 Å². The molecule has 1 aliphatic carbocycles. The smallest absolute Gasteiger partial charge is 0.292 e. The summed E-state index contributed by atoms with van der Waals surface area (Å²) in [6.45, 7) is 0. The van der Waals surface area contributed by atoms with Gasteiger partial charge in [0.2, 0.25) is 0 Å². The first-order valence-electron chi connectivity index (χ1n) is 4.50. The number of nitrogens with zero attached hydrogens (tertiary/aromatic N) is 2. The molecule has 0 aliphatic heterocycles. The van der Waals surface area contributed by atoms with Crippen molar-refractivity contribution in [3.63, 3.8) is 0 Å². The number of anilines is 1. The van der Waals surface area contributed by atoms with Crippen molar-refractivity contribution in [2.75, 3.05) is 5.73 Å². The Hall–Kier alpha value is -1.36. The molecule has 0 radical (unpaired) electrons. The van der Waals surface area contributed by atoms with Gasteiger partial charge in [-0.1, -0.05) is 0 Å². The zero-order valence-electron chi connectivity index (χ0n) is 7.43. The highest BCUT2D eigenvalue weighted by Gasteiger charge is 2.27. The number of aromatic nitrogens is 2. The average Bonchev–Trinajstić information content (AvgIpc) is 2.76. The summed E-state index contributed by atoms with van der Waals surface area (Å²) in [6.07, 6.45) is 4.15. The van der Waals surface area contributed by atoms with Gasteiger partial charge in [-0.3, -0.25) is 0 Å². The van der Waals surface area contributed by atoms with E-state index in [0.717, 1.165) is 5.69 Å². The second kappa shape index (κ2) is 2.81. The van der Waals surface area contributed by atoms with E-state index in [1.165, 1.54) is 17.8 Å². The van der Waals surface area contributed by atoms with Gasteiger partial charge in [0.15, 0.2) is 5.76 Å². The number of nitrogens with two attached hydrogens (primary N) is 1. The molecule has 5 heteroatoms. The molecule has 1 saturated carbocycles. The zero-order chi connectivity index (χ0) is 9.54. The number of thiazole rings is 1. The number of hydrogen-bond acceptors (Lipinski definition) is 5. The predicted molar refractivity (Wildman–Crippen MR) is 54.0 cm³/mol. The van der Waals surface area contributed by atoms with Gasteiger partial charge in [0.25, 0.3) is 6.01 Å². The van der Waals surface area contributed by atoms with Crippen LogP contribution >= 0.6 is 11.3 Å². The maximum atomic E-state index is 5.39. The SMILES string of the molecule is Nc1ncc(-c2csc(C3CC3)n2)o1. The van der Waals surface area contributed by atoms with E-state index in [2.05, 4.69) is 9.97 Å². The first-order valence-corrected chi connectivity index (χ1v) is 5.38. The maximum absolute atomic E-state index is 5.39. The van der Waals surface area contributed by atoms with Gasteiger partial charge in [0, 0.05) is 11.3 Å². The van der Waals surface area contributed by atoms with Crippen LogP contribution in [0.4, 0.5) is 6.01 Å². The van der Waals surface area contributed by atoms with E-state index in [4.69, 9.17) is 10.2 Å². The molecule has 0 unspecified atom stereocenters. The summed E-state index contributed by atoms with van der Waals surface area (Å²) < 4.78 is 5.19. The number of oxazole rings is 1. The van der Waals surface area contributed by atoms with Crippen LogP contribution < -0.4 is 5.73 Å². The minimum Gasteiger partial charge on any atom is -0.422 e. The Morgan fingerprint density at radius 2 is 2.36 bits per heavy atom. The van der Waals surface area contributed by atoms with Gasteiger partial charge >= 0.3 is 0 Å². The van der Waals surface area contributed by atoms with Gasteiger partial charge in [0.05, 0.1) is 11.2 Å². The highest BCUT2D eigenvalue weighted by atomic mass is 32.1. The molecule has 1 aliphatic rings. The van der Waals surface area contributed by atoms with Crippen molar-refractivity contribution in [1.82, 2.24) is 9.97 Å². The van der Waals surface area contributed by atoms with E-state index < -0.39 is 0 Å².